The summed E-state index contributed by atoms with van der Waals surface area (Å²) < 4.78 is 23.2. The second-order valence-electron chi connectivity index (χ2n) is 20.7. The molecule has 57 heavy (non-hydrogen) atoms. The highest BCUT2D eigenvalue weighted by Gasteiger charge is 2.68. The number of fused-ring (bicyclic) bond motifs is 1. The maximum absolute atomic E-state index is 14.8. The van der Waals surface area contributed by atoms with Gasteiger partial charge in [0.2, 0.25) is 0 Å². The molecule has 19 atom stereocenters. The van der Waals surface area contributed by atoms with Gasteiger partial charge in [0, 0.05) is 0 Å². The number of hydrogen-bond donors (Lipinski definition) is 7. The van der Waals surface area contributed by atoms with E-state index in [1.54, 1.807) is 6.92 Å². The SMILES string of the molecule is C/C=C1/C(C)C(CCC(C)(C)C)(C(=O)OC[C@@H]2O[C@H](C)C(O[C@@H]3OC[C@@H](O)C(O)C3O)C(O)C2O)[C@H](O)C[C@@]1(C)[C@]1(C)CC[C@H]2C(C)(C=O)C(O)CCC2(C)C1C. The van der Waals surface area contributed by atoms with E-state index in [4.69, 9.17) is 18.9 Å². The minimum atomic E-state index is -1.61. The summed E-state index contributed by atoms with van der Waals surface area (Å²) in [6.07, 6.45) is -6.68. The Morgan fingerprint density at radius 2 is 1.54 bits per heavy atom. The zero-order valence-corrected chi connectivity index (χ0v) is 36.2. The summed E-state index contributed by atoms with van der Waals surface area (Å²) >= 11 is 0. The number of ether oxygens (including phenoxy) is 4. The molecular formula is C44H74O13. The second-order valence-corrected chi connectivity index (χ2v) is 20.7. The lowest BCUT2D eigenvalue weighted by Crippen LogP contribution is -2.65. The monoisotopic (exact) mass is 811 g/mol. The van der Waals surface area contributed by atoms with Crippen molar-refractivity contribution in [3.8, 4) is 0 Å². The van der Waals surface area contributed by atoms with Crippen molar-refractivity contribution in [2.45, 2.75) is 188 Å². The van der Waals surface area contributed by atoms with Crippen LogP contribution in [0.3, 0.4) is 0 Å². The molecule has 5 fully saturated rings. The Kier molecular flexibility index (Phi) is 13.4. The van der Waals surface area contributed by atoms with Gasteiger partial charge < -0.3 is 59.5 Å². The Hall–Kier alpha value is -1.52. The summed E-state index contributed by atoms with van der Waals surface area (Å²) in [5, 5.41) is 76.3. The number of hydrogen-bond acceptors (Lipinski definition) is 13. The number of carbonyl (C=O) groups excluding carboxylic acids is 2. The summed E-state index contributed by atoms with van der Waals surface area (Å²) in [6.45, 7) is 22.2. The first-order chi connectivity index (χ1) is 26.3. The first-order valence-corrected chi connectivity index (χ1v) is 21.3. The van der Waals surface area contributed by atoms with Crippen LogP contribution < -0.4 is 0 Å². The molecule has 13 nitrogen and oxygen atoms in total. The van der Waals surface area contributed by atoms with Crippen LogP contribution in [0.1, 0.15) is 121 Å². The van der Waals surface area contributed by atoms with Gasteiger partial charge in [-0.2, -0.15) is 0 Å². The van der Waals surface area contributed by atoms with Crippen molar-refractivity contribution in [1.82, 2.24) is 0 Å². The molecule has 0 aromatic heterocycles. The minimum Gasteiger partial charge on any atom is -0.462 e. The maximum Gasteiger partial charge on any atom is 0.315 e. The van der Waals surface area contributed by atoms with Gasteiger partial charge in [0.15, 0.2) is 6.29 Å². The summed E-state index contributed by atoms with van der Waals surface area (Å²) in [4.78, 5) is 27.4. The van der Waals surface area contributed by atoms with Crippen LogP contribution in [0.15, 0.2) is 11.6 Å². The molecule has 2 saturated heterocycles. The Morgan fingerprint density at radius 3 is 2.14 bits per heavy atom. The van der Waals surface area contributed by atoms with Gasteiger partial charge in [-0.25, -0.2) is 0 Å². The van der Waals surface area contributed by atoms with Crippen LogP contribution in [0, 0.1) is 50.2 Å². The zero-order valence-electron chi connectivity index (χ0n) is 36.2. The highest BCUT2D eigenvalue weighted by molar-refractivity contribution is 5.79. The van der Waals surface area contributed by atoms with Gasteiger partial charge in [-0.05, 0) is 98.2 Å². The molecule has 0 amide bonds. The fourth-order valence-electron chi connectivity index (χ4n) is 12.4. The minimum absolute atomic E-state index is 0.00770. The third-order valence-electron chi connectivity index (χ3n) is 16.7. The van der Waals surface area contributed by atoms with E-state index in [1.807, 2.05) is 20.8 Å². The van der Waals surface area contributed by atoms with E-state index in [0.717, 1.165) is 31.1 Å². The molecule has 3 saturated carbocycles. The van der Waals surface area contributed by atoms with Crippen molar-refractivity contribution in [2.24, 2.45) is 50.2 Å². The summed E-state index contributed by atoms with van der Waals surface area (Å²) in [5.74, 6) is -0.926. The molecule has 7 N–H and O–H groups in total. The van der Waals surface area contributed by atoms with Crippen molar-refractivity contribution in [2.75, 3.05) is 13.2 Å². The molecule has 0 aromatic rings. The van der Waals surface area contributed by atoms with Crippen LogP contribution in [0.25, 0.3) is 0 Å². The van der Waals surface area contributed by atoms with Crippen molar-refractivity contribution < 1.29 is 64.3 Å². The van der Waals surface area contributed by atoms with Crippen molar-refractivity contribution in [3.63, 3.8) is 0 Å². The Bertz CT molecular complexity index is 1480. The molecule has 5 aliphatic rings. The quantitative estimate of drug-likeness (QED) is 0.101. The van der Waals surface area contributed by atoms with Gasteiger partial charge in [0.25, 0.3) is 0 Å². The maximum atomic E-state index is 14.8. The van der Waals surface area contributed by atoms with E-state index in [0.29, 0.717) is 25.7 Å². The van der Waals surface area contributed by atoms with E-state index in [1.165, 1.54) is 0 Å². The molecule has 0 radical (unpaired) electrons. The third-order valence-corrected chi connectivity index (χ3v) is 16.7. The van der Waals surface area contributed by atoms with E-state index in [9.17, 15) is 45.3 Å². The largest absolute Gasteiger partial charge is 0.462 e. The molecular weight excluding hydrogens is 736 g/mol. The first-order valence-electron chi connectivity index (χ1n) is 21.3. The highest BCUT2D eigenvalue weighted by atomic mass is 16.7. The lowest BCUT2D eigenvalue weighted by Gasteiger charge is -2.68. The van der Waals surface area contributed by atoms with Gasteiger partial charge in [-0.3, -0.25) is 4.79 Å². The average molecular weight is 811 g/mol. The first kappa shape index (κ1) is 46.5. The fraction of sp³-hybridized carbons (Fsp3) is 0.909. The predicted octanol–water partition coefficient (Wildman–Crippen LogP) is 3.45. The Morgan fingerprint density at radius 1 is 0.895 bits per heavy atom. The van der Waals surface area contributed by atoms with Crippen LogP contribution in [-0.2, 0) is 28.5 Å². The van der Waals surface area contributed by atoms with Gasteiger partial charge in [-0.15, -0.1) is 0 Å². The van der Waals surface area contributed by atoms with E-state index >= 15 is 0 Å². The van der Waals surface area contributed by atoms with Gasteiger partial charge >= 0.3 is 5.97 Å². The predicted molar refractivity (Wildman–Crippen MR) is 210 cm³/mol. The van der Waals surface area contributed by atoms with Gasteiger partial charge in [0.1, 0.15) is 61.0 Å². The molecule has 0 spiro atoms. The summed E-state index contributed by atoms with van der Waals surface area (Å²) in [5.41, 5.74) is -2.37. The molecule has 0 bridgehead atoms. The molecule has 3 aliphatic carbocycles. The van der Waals surface area contributed by atoms with Gasteiger partial charge in [0.05, 0.1) is 30.3 Å². The zero-order chi connectivity index (χ0) is 42.8. The van der Waals surface area contributed by atoms with Crippen LogP contribution in [-0.4, -0.2) is 129 Å². The van der Waals surface area contributed by atoms with Crippen LogP contribution in [0.2, 0.25) is 0 Å². The topological polar surface area (TPSA) is 213 Å². The van der Waals surface area contributed by atoms with Crippen LogP contribution in [0.4, 0.5) is 0 Å². The average Bonchev–Trinajstić information content (AvgIpc) is 3.14. The smallest absolute Gasteiger partial charge is 0.315 e. The van der Waals surface area contributed by atoms with E-state index in [2.05, 4.69) is 54.5 Å². The standard InChI is InChI=1S/C44H74O13/c1-12-26-23(2)44(18-17-39(5,6)7,31(48)19-43(26,11)42(10)16-13-29-40(8,25(42)4)15-14-30(47)41(29,9)22-45)38(53)55-21-28-33(50)34(51)36(24(3)56-28)57-37-35(52)32(49)27(46)20-54-37/h12,22-25,27-37,46-52H,13-21H2,1-11H3/b26-12-/t23?,24-,25?,27-,28+,29-,30?,31-,32?,33?,34?,35?,36?,37+,40?,41?,42-,43-,44?/m1/s1. The number of rotatable bonds is 9. The number of aliphatic hydroxyl groups is 7. The molecule has 5 rings (SSSR count). The molecule has 13 heteroatoms. The normalized spacial score (nSPS) is 51.6. The Balaban J connectivity index is 1.39. The lowest BCUT2D eigenvalue weighted by atomic mass is 9.36. The number of esters is 1. The van der Waals surface area contributed by atoms with Crippen molar-refractivity contribution in [3.05, 3.63) is 11.6 Å². The molecule has 0 aromatic carbocycles. The highest BCUT2D eigenvalue weighted by Crippen LogP contribution is 2.72. The third kappa shape index (κ3) is 7.60. The van der Waals surface area contributed by atoms with Gasteiger partial charge in [-0.1, -0.05) is 74.0 Å². The van der Waals surface area contributed by atoms with Crippen molar-refractivity contribution >= 4 is 12.3 Å². The number of carbonyl (C=O) groups is 2. The summed E-state index contributed by atoms with van der Waals surface area (Å²) in [7, 11) is 0. The molecule has 328 valence electrons. The number of allylic oxidation sites excluding steroid dienone is 2. The number of aliphatic hydroxyl groups excluding tert-OH is 7. The fourth-order valence-corrected chi connectivity index (χ4v) is 12.4. The lowest BCUT2D eigenvalue weighted by molar-refractivity contribution is -0.322. The summed E-state index contributed by atoms with van der Waals surface area (Å²) in [6, 6.07) is 0. The van der Waals surface area contributed by atoms with E-state index < -0.39 is 102 Å². The molecule has 2 aliphatic heterocycles. The second kappa shape index (κ2) is 16.4. The number of aldehydes is 1. The van der Waals surface area contributed by atoms with Crippen LogP contribution in [0.5, 0.6) is 0 Å². The molecule has 2 heterocycles. The Labute approximate surface area is 339 Å². The molecule has 11 unspecified atom stereocenters. The van der Waals surface area contributed by atoms with Crippen LogP contribution >= 0.6 is 0 Å². The van der Waals surface area contributed by atoms with E-state index in [-0.39, 0.29) is 34.7 Å². The van der Waals surface area contributed by atoms with Crippen molar-refractivity contribution in [1.29, 1.82) is 0 Å².